The molecule has 0 spiro atoms. The van der Waals surface area contributed by atoms with Gasteiger partial charge in [-0.1, -0.05) is 0 Å². The van der Waals surface area contributed by atoms with E-state index in [1.807, 2.05) is 6.07 Å². The van der Waals surface area contributed by atoms with Crippen molar-refractivity contribution in [3.63, 3.8) is 0 Å². The molecule has 0 aliphatic heterocycles. The molecule has 0 atom stereocenters. The summed E-state index contributed by atoms with van der Waals surface area (Å²) < 4.78 is 1.31. The zero-order chi connectivity index (χ0) is 10.5. The van der Waals surface area contributed by atoms with Crippen LogP contribution in [0.1, 0.15) is 11.1 Å². The molecule has 2 aromatic carbocycles. The van der Waals surface area contributed by atoms with Crippen LogP contribution in [0.2, 0.25) is 0 Å². The van der Waals surface area contributed by atoms with Crippen molar-refractivity contribution in [2.24, 2.45) is 0 Å². The maximum atomic E-state index is 2.16. The predicted octanol–water partition coefficient (Wildman–Crippen LogP) is 2.65. The average molecular weight is 186 g/mol. The quantitative estimate of drug-likeness (QED) is 0.499. The number of rotatable bonds is 2. The van der Waals surface area contributed by atoms with E-state index in [-0.39, 0.29) is 0 Å². The fourth-order valence-corrected chi connectivity index (χ4v) is 1.52. The first-order chi connectivity index (χ1) is 7.36. The molecular weight excluding hydrogens is 175 g/mol. The zero-order valence-corrected chi connectivity index (χ0v) is 8.85. The Hall–Kier alpha value is -1.22. The molecule has 2 rings (SSSR count). The first kappa shape index (κ1) is 10.3. The van der Waals surface area contributed by atoms with Gasteiger partial charge in [-0.2, -0.15) is 0 Å². The molecule has 0 bridgehead atoms. The van der Waals surface area contributed by atoms with E-state index >= 15 is 0 Å². The summed E-state index contributed by atoms with van der Waals surface area (Å²) in [6.45, 7) is 0. The van der Waals surface area contributed by atoms with Crippen molar-refractivity contribution >= 4 is 34.1 Å². The summed E-state index contributed by atoms with van der Waals surface area (Å²) in [5, 5.41) is 0. The monoisotopic (exact) mass is 186 g/mol. The van der Waals surface area contributed by atoms with Crippen LogP contribution in [0, 0.1) is 0 Å². The van der Waals surface area contributed by atoms with Crippen molar-refractivity contribution in [1.82, 2.24) is 0 Å². The summed E-state index contributed by atoms with van der Waals surface area (Å²) in [7, 11) is 0. The van der Waals surface area contributed by atoms with Crippen LogP contribution >= 0.6 is 0 Å². The predicted molar refractivity (Wildman–Crippen MR) is 67.2 cm³/mol. The summed E-state index contributed by atoms with van der Waals surface area (Å²) in [4.78, 5) is 0. The molecule has 0 N–H and O–H groups in total. The van der Waals surface area contributed by atoms with Gasteiger partial charge in [0.2, 0.25) is 0 Å². The van der Waals surface area contributed by atoms with E-state index in [0.717, 1.165) is 0 Å². The minimum atomic E-state index is 1.24. The van der Waals surface area contributed by atoms with E-state index < -0.39 is 0 Å². The summed E-state index contributed by atoms with van der Waals surface area (Å²) in [5.74, 6) is 0. The number of hydrogen-bond donors (Lipinski definition) is 0. The fraction of sp³-hybridized carbons (Fsp3) is 0. The molecule has 0 heterocycles. The van der Waals surface area contributed by atoms with Gasteiger partial charge in [-0.25, -0.2) is 0 Å². The third kappa shape index (κ3) is 2.86. The maximum absolute atomic E-state index is 2.16. The van der Waals surface area contributed by atoms with Crippen molar-refractivity contribution < 1.29 is 0 Å². The van der Waals surface area contributed by atoms with E-state index in [9.17, 15) is 0 Å². The third-order valence-corrected chi connectivity index (χ3v) is 2.44. The van der Waals surface area contributed by atoms with Crippen LogP contribution in [-0.2, 0) is 0 Å². The first-order valence-corrected chi connectivity index (χ1v) is 5.15. The van der Waals surface area contributed by atoms with Crippen molar-refractivity contribution in [3.8, 4) is 0 Å². The van der Waals surface area contributed by atoms with Gasteiger partial charge < -0.3 is 0 Å². The van der Waals surface area contributed by atoms with Crippen molar-refractivity contribution in [1.29, 1.82) is 0 Å². The summed E-state index contributed by atoms with van der Waals surface area (Å²) in [5.41, 5.74) is 2.52. The molecule has 0 fully saturated rings. The molecule has 68 valence electrons. The van der Waals surface area contributed by atoms with Gasteiger partial charge in [-0.15, -0.1) is 0 Å². The van der Waals surface area contributed by atoms with E-state index in [2.05, 4.69) is 78.4 Å². The Morgan fingerprint density at radius 3 is 2.13 bits per heavy atom. The van der Waals surface area contributed by atoms with Gasteiger partial charge in [0, 0.05) is 0 Å². The fourth-order valence-electron chi connectivity index (χ4n) is 1.52. The molecule has 0 aliphatic carbocycles. The van der Waals surface area contributed by atoms with E-state index in [1.54, 1.807) is 0 Å². The Morgan fingerprint density at radius 1 is 0.733 bits per heavy atom. The van der Waals surface area contributed by atoms with Gasteiger partial charge in [0.05, 0.1) is 0 Å². The third-order valence-electron chi connectivity index (χ3n) is 2.44. The van der Waals surface area contributed by atoms with E-state index in [4.69, 9.17) is 0 Å². The molecule has 0 saturated carbocycles. The van der Waals surface area contributed by atoms with Crippen LogP contribution in [0.25, 0.3) is 12.2 Å². The van der Waals surface area contributed by atoms with Gasteiger partial charge in [0.25, 0.3) is 0 Å². The van der Waals surface area contributed by atoms with E-state index in [1.165, 1.54) is 15.4 Å². The summed E-state index contributed by atoms with van der Waals surface area (Å²) in [6, 6.07) is 18.7. The molecular formula is C14H11Li. The van der Waals surface area contributed by atoms with Gasteiger partial charge in [0.15, 0.2) is 0 Å². The Morgan fingerprint density at radius 2 is 1.40 bits per heavy atom. The molecule has 0 nitrogen and oxygen atoms in total. The molecule has 0 saturated heterocycles. The topological polar surface area (TPSA) is 0 Å². The van der Waals surface area contributed by atoms with Gasteiger partial charge in [-0.3, -0.25) is 0 Å². The molecule has 0 amide bonds. The van der Waals surface area contributed by atoms with Gasteiger partial charge in [-0.05, 0) is 0 Å². The average Bonchev–Trinajstić information content (AvgIpc) is 2.29. The Balaban J connectivity index is 2.23. The molecule has 0 unspecified atom stereocenters. The first-order valence-electron chi connectivity index (χ1n) is 5.15. The Kier molecular flexibility index (Phi) is 3.45. The van der Waals surface area contributed by atoms with Crippen LogP contribution in [-0.4, -0.2) is 17.7 Å². The van der Waals surface area contributed by atoms with Crippen LogP contribution < -0.4 is 4.24 Å². The van der Waals surface area contributed by atoms with Crippen LogP contribution in [0.4, 0.5) is 0 Å². The number of hydrogen-bond acceptors (Lipinski definition) is 0. The molecule has 0 aliphatic rings. The van der Waals surface area contributed by atoms with Crippen molar-refractivity contribution in [3.05, 3.63) is 65.7 Å². The Bertz CT molecular complexity index is 458. The molecule has 2 aromatic rings. The molecule has 15 heavy (non-hydrogen) atoms. The van der Waals surface area contributed by atoms with Crippen molar-refractivity contribution in [2.75, 3.05) is 0 Å². The second-order valence-corrected chi connectivity index (χ2v) is 3.60. The summed E-state index contributed by atoms with van der Waals surface area (Å²) >= 11 is 2.13. The summed E-state index contributed by atoms with van der Waals surface area (Å²) in [6.07, 6.45) is 4.30. The normalized spacial score (nSPS) is 10.8. The van der Waals surface area contributed by atoms with E-state index in [0.29, 0.717) is 0 Å². The zero-order valence-electron chi connectivity index (χ0n) is 8.85. The van der Waals surface area contributed by atoms with Gasteiger partial charge >= 0.3 is 99.8 Å². The second kappa shape index (κ2) is 5.03. The molecule has 0 aromatic heterocycles. The van der Waals surface area contributed by atoms with Crippen LogP contribution in [0.3, 0.4) is 0 Å². The standard InChI is InChI=1S/C14H11.Li/c1-3-7-13(8-4-1)11-12-14-9-5-2-6-10-14;/h1-9,11-12H;. The van der Waals surface area contributed by atoms with Crippen molar-refractivity contribution in [2.45, 2.75) is 0 Å². The number of benzene rings is 2. The molecule has 1 heteroatoms. The van der Waals surface area contributed by atoms with Crippen LogP contribution in [0.15, 0.2) is 54.6 Å². The van der Waals surface area contributed by atoms with Crippen LogP contribution in [0.5, 0.6) is 0 Å². The SMILES string of the molecule is [Li][c]1ccccc1C=Cc1ccccc1. The molecule has 0 radical (unpaired) electrons. The van der Waals surface area contributed by atoms with Gasteiger partial charge in [0.1, 0.15) is 0 Å². The Labute approximate surface area is 99.9 Å². The second-order valence-electron chi connectivity index (χ2n) is 3.60. The minimum absolute atomic E-state index is 1.24.